The molecule has 0 heterocycles. The Balaban J connectivity index is 2.86. The average molecular weight is 268 g/mol. The van der Waals surface area contributed by atoms with Gasteiger partial charge in [-0.15, -0.1) is 0 Å². The van der Waals surface area contributed by atoms with Crippen molar-refractivity contribution < 1.29 is 13.9 Å². The standard InChI is InChI=1S/C14H21FN2O2/c1-8(2)13(16)14(18)17-9(3)11-7-10(15)5-6-12(11)19-4/h5-9,13H,16H2,1-4H3,(H,17,18). The van der Waals surface area contributed by atoms with Crippen molar-refractivity contribution in [1.29, 1.82) is 0 Å². The van der Waals surface area contributed by atoms with Crippen LogP contribution in [0.2, 0.25) is 0 Å². The number of amides is 1. The zero-order valence-electron chi connectivity index (χ0n) is 11.7. The first kappa shape index (κ1) is 15.4. The molecule has 0 saturated carbocycles. The maximum Gasteiger partial charge on any atom is 0.237 e. The first-order valence-electron chi connectivity index (χ1n) is 6.26. The summed E-state index contributed by atoms with van der Waals surface area (Å²) in [7, 11) is 1.51. The lowest BCUT2D eigenvalue weighted by atomic mass is 10.0. The predicted molar refractivity (Wildman–Crippen MR) is 72.3 cm³/mol. The van der Waals surface area contributed by atoms with Gasteiger partial charge < -0.3 is 15.8 Å². The highest BCUT2D eigenvalue weighted by atomic mass is 19.1. The summed E-state index contributed by atoms with van der Waals surface area (Å²) < 4.78 is 18.4. The zero-order valence-corrected chi connectivity index (χ0v) is 11.7. The molecular weight excluding hydrogens is 247 g/mol. The summed E-state index contributed by atoms with van der Waals surface area (Å²) in [5.41, 5.74) is 6.36. The Bertz CT molecular complexity index is 449. The highest BCUT2D eigenvalue weighted by molar-refractivity contribution is 5.82. The van der Waals surface area contributed by atoms with Crippen LogP contribution in [0, 0.1) is 11.7 Å². The molecule has 0 saturated heterocycles. The lowest BCUT2D eigenvalue weighted by molar-refractivity contribution is -0.123. The fourth-order valence-corrected chi connectivity index (χ4v) is 1.73. The third-order valence-corrected chi connectivity index (χ3v) is 3.04. The van der Waals surface area contributed by atoms with Gasteiger partial charge in [-0.1, -0.05) is 13.8 Å². The van der Waals surface area contributed by atoms with E-state index in [1.165, 1.54) is 25.3 Å². The summed E-state index contributed by atoms with van der Waals surface area (Å²) in [4.78, 5) is 11.9. The van der Waals surface area contributed by atoms with Crippen LogP contribution in [0.4, 0.5) is 4.39 Å². The minimum atomic E-state index is -0.581. The summed E-state index contributed by atoms with van der Waals surface area (Å²) in [5.74, 6) is -0.0483. The Hall–Kier alpha value is -1.62. The highest BCUT2D eigenvalue weighted by Crippen LogP contribution is 2.25. The topological polar surface area (TPSA) is 64.3 Å². The molecule has 2 atom stereocenters. The second-order valence-electron chi connectivity index (χ2n) is 4.89. The molecule has 1 amide bonds. The van der Waals surface area contributed by atoms with E-state index in [0.29, 0.717) is 11.3 Å². The van der Waals surface area contributed by atoms with Crippen LogP contribution < -0.4 is 15.8 Å². The first-order valence-corrected chi connectivity index (χ1v) is 6.26. The van der Waals surface area contributed by atoms with E-state index in [1.54, 1.807) is 6.92 Å². The Kier molecular flexibility index (Phi) is 5.30. The second-order valence-corrected chi connectivity index (χ2v) is 4.89. The number of halogens is 1. The molecule has 3 N–H and O–H groups in total. The minimum Gasteiger partial charge on any atom is -0.496 e. The van der Waals surface area contributed by atoms with Crippen LogP contribution in [0.5, 0.6) is 5.75 Å². The smallest absolute Gasteiger partial charge is 0.237 e. The molecule has 106 valence electrons. The molecular formula is C14H21FN2O2. The Labute approximate surface area is 113 Å². The predicted octanol–water partition coefficient (Wildman–Crippen LogP) is 1.99. The molecule has 1 aromatic carbocycles. The van der Waals surface area contributed by atoms with Crippen molar-refractivity contribution in [3.8, 4) is 5.75 Å². The summed E-state index contributed by atoms with van der Waals surface area (Å²) in [6.45, 7) is 5.51. The monoisotopic (exact) mass is 268 g/mol. The summed E-state index contributed by atoms with van der Waals surface area (Å²) in [6, 6.07) is 3.25. The molecule has 5 heteroatoms. The number of carbonyl (C=O) groups excluding carboxylic acids is 1. The van der Waals surface area contributed by atoms with Crippen molar-refractivity contribution in [2.45, 2.75) is 32.9 Å². The molecule has 2 unspecified atom stereocenters. The fraction of sp³-hybridized carbons (Fsp3) is 0.500. The van der Waals surface area contributed by atoms with Gasteiger partial charge in [0.2, 0.25) is 5.91 Å². The SMILES string of the molecule is COc1ccc(F)cc1C(C)NC(=O)C(N)C(C)C. The summed E-state index contributed by atoms with van der Waals surface area (Å²) in [5, 5.41) is 2.77. The number of carbonyl (C=O) groups is 1. The third kappa shape index (κ3) is 3.92. The van der Waals surface area contributed by atoms with E-state index in [9.17, 15) is 9.18 Å². The number of nitrogens with one attached hydrogen (secondary N) is 1. The van der Waals surface area contributed by atoms with Crippen molar-refractivity contribution in [2.75, 3.05) is 7.11 Å². The quantitative estimate of drug-likeness (QED) is 0.858. The van der Waals surface area contributed by atoms with Crippen LogP contribution in [0.25, 0.3) is 0 Å². The van der Waals surface area contributed by atoms with Crippen LogP contribution in [0.15, 0.2) is 18.2 Å². The average Bonchev–Trinajstić information content (AvgIpc) is 2.37. The number of hydrogen-bond acceptors (Lipinski definition) is 3. The van der Waals surface area contributed by atoms with Crippen molar-refractivity contribution in [3.05, 3.63) is 29.6 Å². The van der Waals surface area contributed by atoms with E-state index in [-0.39, 0.29) is 23.7 Å². The number of rotatable bonds is 5. The van der Waals surface area contributed by atoms with E-state index in [1.807, 2.05) is 13.8 Å². The molecule has 0 aliphatic heterocycles. The Morgan fingerprint density at radius 2 is 2.00 bits per heavy atom. The molecule has 1 aromatic rings. The molecule has 0 aliphatic rings. The van der Waals surface area contributed by atoms with E-state index >= 15 is 0 Å². The highest BCUT2D eigenvalue weighted by Gasteiger charge is 2.21. The van der Waals surface area contributed by atoms with Crippen molar-refractivity contribution in [3.63, 3.8) is 0 Å². The molecule has 0 radical (unpaired) electrons. The Morgan fingerprint density at radius 3 is 2.53 bits per heavy atom. The van der Waals surface area contributed by atoms with E-state index in [2.05, 4.69) is 5.32 Å². The number of ether oxygens (including phenoxy) is 1. The van der Waals surface area contributed by atoms with Gasteiger partial charge in [0.05, 0.1) is 19.2 Å². The van der Waals surface area contributed by atoms with Gasteiger partial charge in [-0.05, 0) is 31.0 Å². The van der Waals surface area contributed by atoms with E-state index in [0.717, 1.165) is 0 Å². The van der Waals surface area contributed by atoms with Gasteiger partial charge in [-0.25, -0.2) is 4.39 Å². The number of hydrogen-bond donors (Lipinski definition) is 2. The molecule has 0 bridgehead atoms. The van der Waals surface area contributed by atoms with E-state index < -0.39 is 6.04 Å². The van der Waals surface area contributed by atoms with Crippen molar-refractivity contribution in [2.24, 2.45) is 11.7 Å². The summed E-state index contributed by atoms with van der Waals surface area (Å²) in [6.07, 6.45) is 0. The maximum atomic E-state index is 13.3. The number of methoxy groups -OCH3 is 1. The molecule has 0 aromatic heterocycles. The van der Waals surface area contributed by atoms with Crippen LogP contribution in [-0.2, 0) is 4.79 Å². The zero-order chi connectivity index (χ0) is 14.6. The van der Waals surface area contributed by atoms with Crippen LogP contribution in [-0.4, -0.2) is 19.1 Å². The van der Waals surface area contributed by atoms with Gasteiger partial charge in [0.1, 0.15) is 11.6 Å². The number of nitrogens with two attached hydrogens (primary N) is 1. The Morgan fingerprint density at radius 1 is 1.37 bits per heavy atom. The first-order chi connectivity index (χ1) is 8.86. The normalized spacial score (nSPS) is 14.1. The van der Waals surface area contributed by atoms with Crippen molar-refractivity contribution >= 4 is 5.91 Å². The lowest BCUT2D eigenvalue weighted by Crippen LogP contribution is -2.44. The summed E-state index contributed by atoms with van der Waals surface area (Å²) >= 11 is 0. The molecule has 4 nitrogen and oxygen atoms in total. The van der Waals surface area contributed by atoms with Crippen LogP contribution >= 0.6 is 0 Å². The van der Waals surface area contributed by atoms with Gasteiger partial charge in [-0.2, -0.15) is 0 Å². The van der Waals surface area contributed by atoms with Gasteiger partial charge in [0.15, 0.2) is 0 Å². The van der Waals surface area contributed by atoms with E-state index in [4.69, 9.17) is 10.5 Å². The maximum absolute atomic E-state index is 13.3. The van der Waals surface area contributed by atoms with Gasteiger partial charge in [-0.3, -0.25) is 4.79 Å². The largest absolute Gasteiger partial charge is 0.496 e. The van der Waals surface area contributed by atoms with Crippen LogP contribution in [0.3, 0.4) is 0 Å². The van der Waals surface area contributed by atoms with Crippen LogP contribution in [0.1, 0.15) is 32.4 Å². The second kappa shape index (κ2) is 6.52. The van der Waals surface area contributed by atoms with Crippen molar-refractivity contribution in [1.82, 2.24) is 5.32 Å². The fourth-order valence-electron chi connectivity index (χ4n) is 1.73. The molecule has 1 rings (SSSR count). The van der Waals surface area contributed by atoms with Gasteiger partial charge in [0.25, 0.3) is 0 Å². The molecule has 0 spiro atoms. The minimum absolute atomic E-state index is 0.0432. The molecule has 19 heavy (non-hydrogen) atoms. The van der Waals surface area contributed by atoms with Gasteiger partial charge in [0, 0.05) is 5.56 Å². The molecule has 0 fully saturated rings. The van der Waals surface area contributed by atoms with Gasteiger partial charge >= 0.3 is 0 Å². The molecule has 0 aliphatic carbocycles. The number of benzene rings is 1. The third-order valence-electron chi connectivity index (χ3n) is 3.04. The lowest BCUT2D eigenvalue weighted by Gasteiger charge is -2.21.